The van der Waals surface area contributed by atoms with Gasteiger partial charge in [0.05, 0.1) is 0 Å². The molecule has 1 unspecified atom stereocenters. The molecule has 1 aromatic heterocycles. The Labute approximate surface area is 128 Å². The van der Waals surface area contributed by atoms with Crippen LogP contribution in [0.5, 0.6) is 0 Å². The summed E-state index contributed by atoms with van der Waals surface area (Å²) in [5.41, 5.74) is 2.21. The van der Waals surface area contributed by atoms with Gasteiger partial charge in [-0.25, -0.2) is 4.39 Å². The molecule has 0 bridgehead atoms. The zero-order valence-electron chi connectivity index (χ0n) is 12.0. The minimum Gasteiger partial charge on any atom is -0.350 e. The highest BCUT2D eigenvalue weighted by Crippen LogP contribution is 2.22. The zero-order chi connectivity index (χ0) is 14.7. The maximum absolute atomic E-state index is 13.4. The summed E-state index contributed by atoms with van der Waals surface area (Å²) < 4.78 is 16.2. The number of nitrogens with one attached hydrogen (secondary N) is 1. The lowest BCUT2D eigenvalue weighted by Crippen LogP contribution is -2.21. The molecular weight excluding hydrogens is 319 g/mol. The normalized spacial score (nSPS) is 12.9. The lowest BCUT2D eigenvalue weighted by molar-refractivity contribution is 0.443. The molecule has 1 N–H and O–H groups in total. The summed E-state index contributed by atoms with van der Waals surface area (Å²) in [6.07, 6.45) is 4.17. The van der Waals surface area contributed by atoms with E-state index in [-0.39, 0.29) is 5.82 Å². The van der Waals surface area contributed by atoms with Gasteiger partial charge in [0.1, 0.15) is 5.82 Å². The van der Waals surface area contributed by atoms with Crippen molar-refractivity contribution in [2.45, 2.75) is 26.4 Å². The largest absolute Gasteiger partial charge is 0.350 e. The van der Waals surface area contributed by atoms with E-state index in [0.717, 1.165) is 10.0 Å². The number of hydrogen-bond acceptors (Lipinski definition) is 1. The molecule has 0 radical (unpaired) electrons. The number of benzene rings is 1. The molecule has 2 nitrogen and oxygen atoms in total. The number of halogens is 2. The minimum atomic E-state index is -0.211. The standard InChI is InChI=1S/C16H20BrFN2/c1-11(2)16(19-3)13-4-5-20(10-13)9-12-6-14(17)8-15(18)7-12/h4-8,10-11,16,19H,9H2,1-3H3. The SMILES string of the molecule is CNC(c1ccn(Cc2cc(F)cc(Br)c2)c1)C(C)C. The van der Waals surface area contributed by atoms with E-state index < -0.39 is 0 Å². The lowest BCUT2D eigenvalue weighted by Gasteiger charge is -2.18. The molecule has 1 aromatic carbocycles. The molecule has 2 rings (SSSR count). The average Bonchev–Trinajstić information content (AvgIpc) is 2.76. The van der Waals surface area contributed by atoms with Gasteiger partial charge in [0.15, 0.2) is 0 Å². The Kier molecular flexibility index (Phi) is 5.00. The molecule has 1 heterocycles. The van der Waals surface area contributed by atoms with Crippen LogP contribution in [0.15, 0.2) is 41.1 Å². The van der Waals surface area contributed by atoms with Crippen molar-refractivity contribution in [1.29, 1.82) is 0 Å². The van der Waals surface area contributed by atoms with Gasteiger partial charge in [-0.1, -0.05) is 29.8 Å². The van der Waals surface area contributed by atoms with Crippen molar-refractivity contribution >= 4 is 15.9 Å². The second-order valence-electron chi connectivity index (χ2n) is 5.41. The molecule has 0 saturated carbocycles. The summed E-state index contributed by atoms with van der Waals surface area (Å²) in [6, 6.07) is 7.45. The molecule has 0 spiro atoms. The second kappa shape index (κ2) is 6.55. The minimum absolute atomic E-state index is 0.211. The van der Waals surface area contributed by atoms with Crippen molar-refractivity contribution in [2.75, 3.05) is 7.05 Å². The Morgan fingerprint density at radius 2 is 2.05 bits per heavy atom. The van der Waals surface area contributed by atoms with Crippen molar-refractivity contribution in [3.05, 3.63) is 58.1 Å². The summed E-state index contributed by atoms with van der Waals surface area (Å²) in [7, 11) is 1.98. The van der Waals surface area contributed by atoms with E-state index in [2.05, 4.69) is 51.9 Å². The van der Waals surface area contributed by atoms with Crippen molar-refractivity contribution in [3.8, 4) is 0 Å². The lowest BCUT2D eigenvalue weighted by atomic mass is 9.99. The van der Waals surface area contributed by atoms with E-state index in [1.807, 2.05) is 19.3 Å². The molecule has 20 heavy (non-hydrogen) atoms. The van der Waals surface area contributed by atoms with Gasteiger partial charge >= 0.3 is 0 Å². The number of hydrogen-bond donors (Lipinski definition) is 1. The predicted octanol–water partition coefficient (Wildman–Crippen LogP) is 4.35. The molecule has 0 aliphatic rings. The van der Waals surface area contributed by atoms with Crippen LogP contribution in [-0.2, 0) is 6.54 Å². The molecule has 0 fully saturated rings. The Morgan fingerprint density at radius 3 is 2.65 bits per heavy atom. The fourth-order valence-corrected chi connectivity index (χ4v) is 3.05. The summed E-state index contributed by atoms with van der Waals surface area (Å²) in [5, 5.41) is 3.33. The topological polar surface area (TPSA) is 17.0 Å². The number of nitrogens with zero attached hydrogens (tertiary/aromatic N) is 1. The number of aromatic nitrogens is 1. The third kappa shape index (κ3) is 3.70. The van der Waals surface area contributed by atoms with Crippen LogP contribution in [0.3, 0.4) is 0 Å². The Morgan fingerprint density at radius 1 is 1.30 bits per heavy atom. The first kappa shape index (κ1) is 15.3. The predicted molar refractivity (Wildman–Crippen MR) is 84.3 cm³/mol. The molecule has 108 valence electrons. The van der Waals surface area contributed by atoms with Gasteiger partial charge in [-0.15, -0.1) is 0 Å². The average molecular weight is 339 g/mol. The molecule has 0 aliphatic carbocycles. The fourth-order valence-electron chi connectivity index (χ4n) is 2.54. The first-order valence-electron chi connectivity index (χ1n) is 6.77. The monoisotopic (exact) mass is 338 g/mol. The van der Waals surface area contributed by atoms with Crippen LogP contribution in [-0.4, -0.2) is 11.6 Å². The van der Waals surface area contributed by atoms with Crippen LogP contribution < -0.4 is 5.32 Å². The van der Waals surface area contributed by atoms with Crippen LogP contribution in [0.1, 0.15) is 31.0 Å². The number of rotatable bonds is 5. The van der Waals surface area contributed by atoms with Crippen LogP contribution in [0, 0.1) is 11.7 Å². The van der Waals surface area contributed by atoms with Crippen molar-refractivity contribution < 1.29 is 4.39 Å². The van der Waals surface area contributed by atoms with E-state index in [4.69, 9.17) is 0 Å². The van der Waals surface area contributed by atoms with E-state index >= 15 is 0 Å². The third-order valence-corrected chi connectivity index (χ3v) is 3.86. The van der Waals surface area contributed by atoms with Crippen molar-refractivity contribution in [3.63, 3.8) is 0 Å². The third-order valence-electron chi connectivity index (χ3n) is 3.40. The van der Waals surface area contributed by atoms with Gasteiger partial charge in [0, 0.05) is 29.5 Å². The Balaban J connectivity index is 2.17. The van der Waals surface area contributed by atoms with Crippen LogP contribution in [0.2, 0.25) is 0 Å². The van der Waals surface area contributed by atoms with Crippen LogP contribution in [0.25, 0.3) is 0 Å². The zero-order valence-corrected chi connectivity index (χ0v) is 13.6. The van der Waals surface area contributed by atoms with Gasteiger partial charge < -0.3 is 9.88 Å². The van der Waals surface area contributed by atoms with Gasteiger partial charge in [-0.3, -0.25) is 0 Å². The summed E-state index contributed by atoms with van der Waals surface area (Å²) in [6.45, 7) is 5.06. The van der Waals surface area contributed by atoms with Gasteiger partial charge in [-0.05, 0) is 48.4 Å². The van der Waals surface area contributed by atoms with E-state index in [0.29, 0.717) is 18.5 Å². The van der Waals surface area contributed by atoms with E-state index in [1.54, 1.807) is 6.07 Å². The van der Waals surface area contributed by atoms with E-state index in [1.165, 1.54) is 11.6 Å². The highest BCUT2D eigenvalue weighted by molar-refractivity contribution is 9.10. The van der Waals surface area contributed by atoms with Crippen molar-refractivity contribution in [1.82, 2.24) is 9.88 Å². The quantitative estimate of drug-likeness (QED) is 0.857. The molecule has 0 aliphatic heterocycles. The van der Waals surface area contributed by atoms with E-state index in [9.17, 15) is 4.39 Å². The Hall–Kier alpha value is -1.13. The van der Waals surface area contributed by atoms with Gasteiger partial charge in [0.25, 0.3) is 0 Å². The highest BCUT2D eigenvalue weighted by Gasteiger charge is 2.14. The summed E-state index contributed by atoms with van der Waals surface area (Å²) in [4.78, 5) is 0. The molecule has 2 aromatic rings. The first-order valence-corrected chi connectivity index (χ1v) is 7.57. The smallest absolute Gasteiger partial charge is 0.124 e. The van der Waals surface area contributed by atoms with Gasteiger partial charge in [0.2, 0.25) is 0 Å². The summed E-state index contributed by atoms with van der Waals surface area (Å²) in [5.74, 6) is 0.316. The molecule has 0 amide bonds. The summed E-state index contributed by atoms with van der Waals surface area (Å²) >= 11 is 3.33. The van der Waals surface area contributed by atoms with Crippen molar-refractivity contribution in [2.24, 2.45) is 5.92 Å². The molecule has 0 saturated heterocycles. The molecule has 1 atom stereocenters. The second-order valence-corrected chi connectivity index (χ2v) is 6.32. The maximum Gasteiger partial charge on any atom is 0.124 e. The maximum atomic E-state index is 13.4. The molecular formula is C16H20BrFN2. The molecule has 4 heteroatoms. The van der Waals surface area contributed by atoms with Gasteiger partial charge in [-0.2, -0.15) is 0 Å². The van der Waals surface area contributed by atoms with Crippen LogP contribution >= 0.6 is 15.9 Å². The fraction of sp³-hybridized carbons (Fsp3) is 0.375. The Bertz CT molecular complexity index is 557. The van der Waals surface area contributed by atoms with Crippen LogP contribution in [0.4, 0.5) is 4.39 Å². The first-order chi connectivity index (χ1) is 9.49. The highest BCUT2D eigenvalue weighted by atomic mass is 79.9.